The van der Waals surface area contributed by atoms with Crippen molar-refractivity contribution in [3.63, 3.8) is 0 Å². The Balaban J connectivity index is 3.14. The van der Waals surface area contributed by atoms with Gasteiger partial charge in [0.25, 0.3) is 5.91 Å². The second-order valence-corrected chi connectivity index (χ2v) is 3.52. The van der Waals surface area contributed by atoms with E-state index >= 15 is 0 Å². The molecule has 0 aliphatic heterocycles. The number of amides is 1. The predicted octanol–water partition coefficient (Wildman–Crippen LogP) is 0.777. The Morgan fingerprint density at radius 3 is 2.73 bits per heavy atom. The lowest BCUT2D eigenvalue weighted by Gasteiger charge is -2.12. The van der Waals surface area contributed by atoms with Crippen molar-refractivity contribution in [1.29, 1.82) is 0 Å². The van der Waals surface area contributed by atoms with E-state index in [9.17, 15) is 9.18 Å². The molecule has 1 aromatic rings. The van der Waals surface area contributed by atoms with Gasteiger partial charge in [0.2, 0.25) is 0 Å². The lowest BCUT2D eigenvalue weighted by Crippen LogP contribution is -2.38. The SMILES string of the molecule is Cc1cc(Cl)c(C(N)C(=O)NN)cc1F. The molecular formula is C9H11ClFN3O. The van der Waals surface area contributed by atoms with Crippen molar-refractivity contribution in [1.82, 2.24) is 5.43 Å². The van der Waals surface area contributed by atoms with E-state index in [0.717, 1.165) is 6.07 Å². The summed E-state index contributed by atoms with van der Waals surface area (Å²) < 4.78 is 13.2. The van der Waals surface area contributed by atoms with Crippen LogP contribution in [0.25, 0.3) is 0 Å². The lowest BCUT2D eigenvalue weighted by atomic mass is 10.0. The molecule has 1 aromatic carbocycles. The largest absolute Gasteiger partial charge is 0.316 e. The Hall–Kier alpha value is -1.17. The van der Waals surface area contributed by atoms with Crippen LogP contribution in [0.1, 0.15) is 17.2 Å². The number of nitrogens with two attached hydrogens (primary N) is 2. The third-order valence-electron chi connectivity index (χ3n) is 2.04. The van der Waals surface area contributed by atoms with E-state index in [0.29, 0.717) is 5.56 Å². The molecule has 6 heteroatoms. The van der Waals surface area contributed by atoms with Gasteiger partial charge in [-0.2, -0.15) is 0 Å². The van der Waals surface area contributed by atoms with Gasteiger partial charge in [-0.05, 0) is 30.2 Å². The molecule has 82 valence electrons. The molecule has 0 saturated carbocycles. The van der Waals surface area contributed by atoms with Gasteiger partial charge in [0, 0.05) is 5.02 Å². The zero-order valence-corrected chi connectivity index (χ0v) is 8.81. The van der Waals surface area contributed by atoms with Gasteiger partial charge in [0.1, 0.15) is 11.9 Å². The molecule has 15 heavy (non-hydrogen) atoms. The first-order chi connectivity index (χ1) is 6.97. The summed E-state index contributed by atoms with van der Waals surface area (Å²) >= 11 is 5.83. The molecule has 0 bridgehead atoms. The van der Waals surface area contributed by atoms with E-state index in [2.05, 4.69) is 0 Å². The van der Waals surface area contributed by atoms with Crippen molar-refractivity contribution in [2.75, 3.05) is 0 Å². The van der Waals surface area contributed by atoms with Crippen LogP contribution in [0, 0.1) is 12.7 Å². The van der Waals surface area contributed by atoms with Crippen LogP contribution < -0.4 is 17.0 Å². The third kappa shape index (κ3) is 2.44. The molecule has 1 atom stereocenters. The highest BCUT2D eigenvalue weighted by Gasteiger charge is 2.19. The number of halogens is 2. The van der Waals surface area contributed by atoms with Crippen LogP contribution in [-0.4, -0.2) is 5.91 Å². The number of hydrogen-bond donors (Lipinski definition) is 3. The lowest BCUT2D eigenvalue weighted by molar-refractivity contribution is -0.122. The Morgan fingerprint density at radius 2 is 2.20 bits per heavy atom. The van der Waals surface area contributed by atoms with Crippen LogP contribution in [0.2, 0.25) is 5.02 Å². The molecule has 0 spiro atoms. The standard InChI is InChI=1S/C9H11ClFN3O/c1-4-2-6(10)5(3-7(4)11)8(12)9(15)14-13/h2-3,8H,12-13H2,1H3,(H,14,15). The van der Waals surface area contributed by atoms with E-state index in [1.807, 2.05) is 5.43 Å². The van der Waals surface area contributed by atoms with E-state index < -0.39 is 17.8 Å². The van der Waals surface area contributed by atoms with Gasteiger partial charge >= 0.3 is 0 Å². The van der Waals surface area contributed by atoms with Gasteiger partial charge in [0.15, 0.2) is 0 Å². The number of carbonyl (C=O) groups excluding carboxylic acids is 1. The summed E-state index contributed by atoms with van der Waals surface area (Å²) in [6, 6.07) is 1.48. The Morgan fingerprint density at radius 1 is 1.60 bits per heavy atom. The highest BCUT2D eigenvalue weighted by molar-refractivity contribution is 6.31. The first kappa shape index (κ1) is 11.9. The maximum Gasteiger partial charge on any atom is 0.255 e. The summed E-state index contributed by atoms with van der Waals surface area (Å²) in [5.41, 5.74) is 8.01. The summed E-state index contributed by atoms with van der Waals surface area (Å²) in [5.74, 6) is 3.82. The van der Waals surface area contributed by atoms with Crippen molar-refractivity contribution in [2.24, 2.45) is 11.6 Å². The average molecular weight is 232 g/mol. The number of hydrazine groups is 1. The summed E-state index contributed by atoms with van der Waals surface area (Å²) in [6.07, 6.45) is 0. The number of nitrogens with one attached hydrogen (secondary N) is 1. The smallest absolute Gasteiger partial charge is 0.255 e. The summed E-state index contributed by atoms with van der Waals surface area (Å²) in [5, 5.41) is 0.241. The normalized spacial score (nSPS) is 12.3. The fourth-order valence-corrected chi connectivity index (χ4v) is 1.47. The van der Waals surface area contributed by atoms with Crippen molar-refractivity contribution >= 4 is 17.5 Å². The highest BCUT2D eigenvalue weighted by Crippen LogP contribution is 2.24. The van der Waals surface area contributed by atoms with Crippen molar-refractivity contribution in [3.05, 3.63) is 34.1 Å². The second kappa shape index (κ2) is 4.57. The maximum atomic E-state index is 13.2. The van der Waals surface area contributed by atoms with Crippen LogP contribution in [0.3, 0.4) is 0 Å². The van der Waals surface area contributed by atoms with E-state index in [4.69, 9.17) is 23.2 Å². The minimum atomic E-state index is -1.07. The van der Waals surface area contributed by atoms with Gasteiger partial charge in [0.05, 0.1) is 0 Å². The molecule has 5 N–H and O–H groups in total. The predicted molar refractivity (Wildman–Crippen MR) is 55.4 cm³/mol. The first-order valence-electron chi connectivity index (χ1n) is 4.19. The highest BCUT2D eigenvalue weighted by atomic mass is 35.5. The van der Waals surface area contributed by atoms with Crippen LogP contribution in [0.15, 0.2) is 12.1 Å². The van der Waals surface area contributed by atoms with Crippen molar-refractivity contribution in [2.45, 2.75) is 13.0 Å². The van der Waals surface area contributed by atoms with E-state index in [1.165, 1.54) is 6.07 Å². The third-order valence-corrected chi connectivity index (χ3v) is 2.37. The van der Waals surface area contributed by atoms with Gasteiger partial charge < -0.3 is 5.73 Å². The van der Waals surface area contributed by atoms with Crippen molar-refractivity contribution < 1.29 is 9.18 Å². The number of rotatable bonds is 2. The molecule has 4 nitrogen and oxygen atoms in total. The number of aryl methyl sites for hydroxylation is 1. The monoisotopic (exact) mass is 231 g/mol. The molecule has 0 heterocycles. The fourth-order valence-electron chi connectivity index (χ4n) is 1.13. The summed E-state index contributed by atoms with van der Waals surface area (Å²) in [7, 11) is 0. The van der Waals surface area contributed by atoms with Crippen LogP contribution >= 0.6 is 11.6 Å². The van der Waals surface area contributed by atoms with E-state index in [-0.39, 0.29) is 10.6 Å². The Bertz CT molecular complexity index is 397. The number of benzene rings is 1. The second-order valence-electron chi connectivity index (χ2n) is 3.11. The number of carbonyl (C=O) groups is 1. The zero-order valence-electron chi connectivity index (χ0n) is 8.05. The average Bonchev–Trinajstić information content (AvgIpc) is 2.21. The fraction of sp³-hybridized carbons (Fsp3) is 0.222. The molecule has 0 aliphatic rings. The molecule has 0 aromatic heterocycles. The van der Waals surface area contributed by atoms with Crippen LogP contribution in [0.5, 0.6) is 0 Å². The topological polar surface area (TPSA) is 81.1 Å². The molecule has 1 unspecified atom stereocenters. The molecule has 0 radical (unpaired) electrons. The van der Waals surface area contributed by atoms with Crippen LogP contribution in [0.4, 0.5) is 4.39 Å². The van der Waals surface area contributed by atoms with Gasteiger partial charge in [-0.3, -0.25) is 10.2 Å². The molecule has 1 amide bonds. The molecular weight excluding hydrogens is 221 g/mol. The van der Waals surface area contributed by atoms with Crippen LogP contribution in [-0.2, 0) is 4.79 Å². The summed E-state index contributed by atoms with van der Waals surface area (Å²) in [4.78, 5) is 11.1. The van der Waals surface area contributed by atoms with Crippen molar-refractivity contribution in [3.8, 4) is 0 Å². The Kier molecular flexibility index (Phi) is 3.62. The first-order valence-corrected chi connectivity index (χ1v) is 4.56. The zero-order chi connectivity index (χ0) is 11.6. The summed E-state index contributed by atoms with van der Waals surface area (Å²) in [6.45, 7) is 1.57. The molecule has 0 saturated heterocycles. The molecule has 0 fully saturated rings. The van der Waals surface area contributed by atoms with Gasteiger partial charge in [-0.25, -0.2) is 10.2 Å². The number of hydrogen-bond acceptors (Lipinski definition) is 3. The minimum absolute atomic E-state index is 0.211. The maximum absolute atomic E-state index is 13.2. The van der Waals surface area contributed by atoms with Gasteiger partial charge in [-0.15, -0.1) is 0 Å². The molecule has 0 aliphatic carbocycles. The Labute approximate surface area is 91.4 Å². The van der Waals surface area contributed by atoms with E-state index in [1.54, 1.807) is 6.92 Å². The molecule has 1 rings (SSSR count). The van der Waals surface area contributed by atoms with Gasteiger partial charge in [-0.1, -0.05) is 11.6 Å². The minimum Gasteiger partial charge on any atom is -0.316 e. The quantitative estimate of drug-likeness (QED) is 0.400.